The van der Waals surface area contributed by atoms with Crippen LogP contribution in [0.3, 0.4) is 0 Å². The Bertz CT molecular complexity index is 971. The number of hydrogen-bond acceptors (Lipinski definition) is 5. The number of sulfone groups is 1. The van der Waals surface area contributed by atoms with Crippen molar-refractivity contribution in [1.82, 2.24) is 0 Å². The maximum Gasteiger partial charge on any atom is 0.350 e. The highest BCUT2D eigenvalue weighted by molar-refractivity contribution is 7.92. The molecule has 0 fully saturated rings. The van der Waals surface area contributed by atoms with Gasteiger partial charge in [-0.25, -0.2) is 8.42 Å². The molecule has 0 aromatic heterocycles. The van der Waals surface area contributed by atoms with Gasteiger partial charge in [0.2, 0.25) is 9.84 Å². The third-order valence-electron chi connectivity index (χ3n) is 4.11. The van der Waals surface area contributed by atoms with Crippen LogP contribution in [0.1, 0.15) is 31.2 Å². The summed E-state index contributed by atoms with van der Waals surface area (Å²) in [6.07, 6.45) is -0.488. The molecule has 0 saturated heterocycles. The van der Waals surface area contributed by atoms with Gasteiger partial charge in [0.25, 0.3) is 10.1 Å². The first-order valence-electron chi connectivity index (χ1n) is 8.70. The van der Waals surface area contributed by atoms with Gasteiger partial charge in [-0.1, -0.05) is 42.3 Å². The summed E-state index contributed by atoms with van der Waals surface area (Å²) in [5.41, 5.74) is 0.908. The lowest BCUT2D eigenvalue weighted by Crippen LogP contribution is -2.28. The van der Waals surface area contributed by atoms with Crippen LogP contribution < -0.4 is 0 Å². The lowest BCUT2D eigenvalue weighted by atomic mass is 10.2. The Balaban J connectivity index is 1.80. The van der Waals surface area contributed by atoms with E-state index in [4.69, 9.17) is 4.18 Å². The third-order valence-corrected chi connectivity index (χ3v) is 7.32. The molecule has 0 aliphatic carbocycles. The molecular formula is C19H22F2O5S2. The standard InChI is InChI=1S/C19H22F2O5S2/c1-16-10-12-18(13-11-16)28(24,25)26-15-7-3-6-14-19(20,21)27(22,23)17-8-4-2-5-9-17/h2,4-5,8-13H,3,6-7,14-15H2,1H3. The second-order valence-electron chi connectivity index (χ2n) is 6.35. The lowest BCUT2D eigenvalue weighted by molar-refractivity contribution is 0.0784. The Morgan fingerprint density at radius 2 is 1.43 bits per heavy atom. The van der Waals surface area contributed by atoms with Gasteiger partial charge in [0.05, 0.1) is 16.4 Å². The van der Waals surface area contributed by atoms with Crippen molar-refractivity contribution in [2.24, 2.45) is 0 Å². The summed E-state index contributed by atoms with van der Waals surface area (Å²) in [4.78, 5) is -0.397. The van der Waals surface area contributed by atoms with Crippen molar-refractivity contribution in [3.05, 3.63) is 60.2 Å². The average molecular weight is 433 g/mol. The van der Waals surface area contributed by atoms with E-state index in [1.54, 1.807) is 18.2 Å². The number of aryl methyl sites for hydroxylation is 1. The van der Waals surface area contributed by atoms with Gasteiger partial charge in [-0.05, 0) is 44.0 Å². The first-order valence-corrected chi connectivity index (χ1v) is 11.6. The van der Waals surface area contributed by atoms with Gasteiger partial charge < -0.3 is 0 Å². The Hall–Kier alpha value is -1.84. The SMILES string of the molecule is Cc1ccc(S(=O)(=O)OCCCCCC(F)(F)S(=O)(=O)c2ccccc2)cc1. The molecule has 0 bridgehead atoms. The van der Waals surface area contributed by atoms with Crippen molar-refractivity contribution in [2.45, 2.75) is 47.7 Å². The van der Waals surface area contributed by atoms with Gasteiger partial charge in [-0.3, -0.25) is 4.18 Å². The van der Waals surface area contributed by atoms with E-state index >= 15 is 0 Å². The number of alkyl halides is 2. The van der Waals surface area contributed by atoms with Crippen LogP contribution in [0.5, 0.6) is 0 Å². The lowest BCUT2D eigenvalue weighted by Gasteiger charge is -2.17. The van der Waals surface area contributed by atoms with Crippen LogP contribution in [0.25, 0.3) is 0 Å². The van der Waals surface area contributed by atoms with E-state index in [9.17, 15) is 25.6 Å². The van der Waals surface area contributed by atoms with Crippen molar-refractivity contribution in [3.8, 4) is 0 Å². The molecule has 0 aliphatic rings. The minimum atomic E-state index is -4.75. The fourth-order valence-electron chi connectivity index (χ4n) is 2.46. The molecule has 0 N–H and O–H groups in total. The molecule has 2 aromatic carbocycles. The molecule has 154 valence electrons. The smallest absolute Gasteiger partial charge is 0.266 e. The highest BCUT2D eigenvalue weighted by Gasteiger charge is 2.45. The maximum atomic E-state index is 14.1. The van der Waals surface area contributed by atoms with E-state index in [0.717, 1.165) is 17.7 Å². The summed E-state index contributed by atoms with van der Waals surface area (Å²) in [5, 5.41) is -3.89. The highest BCUT2D eigenvalue weighted by Crippen LogP contribution is 2.33. The minimum Gasteiger partial charge on any atom is -0.266 e. The van der Waals surface area contributed by atoms with Gasteiger partial charge in [0, 0.05) is 6.42 Å². The van der Waals surface area contributed by atoms with Crippen LogP contribution in [0.15, 0.2) is 64.4 Å². The molecule has 5 nitrogen and oxygen atoms in total. The molecule has 9 heteroatoms. The molecular weight excluding hydrogens is 410 g/mol. The first-order chi connectivity index (χ1) is 13.1. The predicted octanol–water partition coefficient (Wildman–Crippen LogP) is 4.33. The van der Waals surface area contributed by atoms with Gasteiger partial charge in [0.15, 0.2) is 0 Å². The van der Waals surface area contributed by atoms with Crippen LogP contribution in [-0.4, -0.2) is 28.7 Å². The molecule has 0 aliphatic heterocycles. The van der Waals surface area contributed by atoms with Crippen LogP contribution in [0.4, 0.5) is 8.78 Å². The molecule has 2 rings (SSSR count). The van der Waals surface area contributed by atoms with Crippen LogP contribution in [-0.2, 0) is 24.1 Å². The zero-order valence-corrected chi connectivity index (χ0v) is 17.0. The molecule has 2 aromatic rings. The van der Waals surface area contributed by atoms with Gasteiger partial charge >= 0.3 is 5.25 Å². The van der Waals surface area contributed by atoms with Gasteiger partial charge in [-0.2, -0.15) is 17.2 Å². The van der Waals surface area contributed by atoms with Crippen molar-refractivity contribution in [1.29, 1.82) is 0 Å². The normalized spacial score (nSPS) is 12.8. The Kier molecular flexibility index (Phi) is 7.30. The molecule has 0 heterocycles. The summed E-state index contributed by atoms with van der Waals surface area (Å²) < 4.78 is 81.2. The largest absolute Gasteiger partial charge is 0.350 e. The first kappa shape index (κ1) is 22.4. The fraction of sp³-hybridized carbons (Fsp3) is 0.368. The zero-order chi connectivity index (χ0) is 20.8. The Morgan fingerprint density at radius 1 is 0.821 bits per heavy atom. The zero-order valence-electron chi connectivity index (χ0n) is 15.3. The molecule has 0 atom stereocenters. The highest BCUT2D eigenvalue weighted by atomic mass is 32.2. The van der Waals surface area contributed by atoms with Crippen LogP contribution in [0, 0.1) is 6.92 Å². The summed E-state index contributed by atoms with van der Waals surface area (Å²) in [7, 11) is -8.65. The minimum absolute atomic E-state index is 0.0265. The van der Waals surface area contributed by atoms with Gasteiger partial charge in [-0.15, -0.1) is 0 Å². The summed E-state index contributed by atoms with van der Waals surface area (Å²) >= 11 is 0. The van der Waals surface area contributed by atoms with Crippen LogP contribution >= 0.6 is 0 Å². The average Bonchev–Trinajstić information content (AvgIpc) is 2.65. The van der Waals surface area contributed by atoms with E-state index in [1.165, 1.54) is 24.3 Å². The van der Waals surface area contributed by atoms with E-state index in [1.807, 2.05) is 6.92 Å². The monoisotopic (exact) mass is 432 g/mol. The second kappa shape index (κ2) is 9.11. The second-order valence-corrected chi connectivity index (χ2v) is 10.0. The third kappa shape index (κ3) is 5.59. The predicted molar refractivity (Wildman–Crippen MR) is 101 cm³/mol. The summed E-state index contributed by atoms with van der Waals surface area (Å²) in [6.45, 7) is 1.66. The quantitative estimate of drug-likeness (QED) is 0.413. The van der Waals surface area contributed by atoms with Crippen molar-refractivity contribution in [2.75, 3.05) is 6.61 Å². The van der Waals surface area contributed by atoms with Crippen LogP contribution in [0.2, 0.25) is 0 Å². The van der Waals surface area contributed by atoms with E-state index in [0.29, 0.717) is 0 Å². The number of hydrogen-bond donors (Lipinski definition) is 0. The number of unbranched alkanes of at least 4 members (excludes halogenated alkanes) is 2. The van der Waals surface area contributed by atoms with Crippen molar-refractivity contribution in [3.63, 3.8) is 0 Å². The molecule has 0 saturated carbocycles. The Morgan fingerprint density at radius 3 is 2.04 bits per heavy atom. The summed E-state index contributed by atoms with van der Waals surface area (Å²) in [5.74, 6) is 0. The molecule has 0 radical (unpaired) electrons. The number of benzene rings is 2. The van der Waals surface area contributed by atoms with Crippen molar-refractivity contribution >= 4 is 20.0 Å². The molecule has 0 spiro atoms. The number of halogens is 2. The molecule has 28 heavy (non-hydrogen) atoms. The van der Waals surface area contributed by atoms with Gasteiger partial charge in [0.1, 0.15) is 0 Å². The summed E-state index contributed by atoms with van der Waals surface area (Å²) in [6, 6.07) is 12.7. The molecule has 0 unspecified atom stereocenters. The fourth-order valence-corrected chi connectivity index (χ4v) is 4.67. The molecule has 0 amide bonds. The number of rotatable bonds is 10. The van der Waals surface area contributed by atoms with E-state index in [-0.39, 0.29) is 30.8 Å². The maximum absolute atomic E-state index is 14.1. The van der Waals surface area contributed by atoms with E-state index in [2.05, 4.69) is 0 Å². The topological polar surface area (TPSA) is 77.5 Å². The van der Waals surface area contributed by atoms with Crippen molar-refractivity contribution < 1.29 is 29.8 Å². The Labute approximate surface area is 164 Å². The van der Waals surface area contributed by atoms with E-state index < -0.39 is 36.5 Å².